The van der Waals surface area contributed by atoms with Gasteiger partial charge in [0.05, 0.1) is 11.4 Å². The van der Waals surface area contributed by atoms with Crippen molar-refractivity contribution in [1.82, 2.24) is 25.1 Å². The van der Waals surface area contributed by atoms with Crippen LogP contribution in [-0.2, 0) is 13.5 Å². The molecule has 0 bridgehead atoms. The van der Waals surface area contributed by atoms with E-state index in [1.807, 2.05) is 17.8 Å². The van der Waals surface area contributed by atoms with Crippen molar-refractivity contribution >= 4 is 11.6 Å². The summed E-state index contributed by atoms with van der Waals surface area (Å²) in [5.41, 5.74) is 7.06. The maximum absolute atomic E-state index is 11.8. The first-order chi connectivity index (χ1) is 8.59. The molecule has 0 aliphatic rings. The number of imidazole rings is 1. The molecule has 7 heteroatoms. The standard InChI is InChI=1S/C11H16N6O/c1-7-9(12)10(16-15-7)11(18)14-4-3-8-13-5-6-17(8)2/h5-6H,3-4,12H2,1-2H3,(H,14,18)(H,15,16). The van der Waals surface area contributed by atoms with Gasteiger partial charge < -0.3 is 15.6 Å². The predicted molar refractivity (Wildman–Crippen MR) is 67.0 cm³/mol. The van der Waals surface area contributed by atoms with Gasteiger partial charge in [0, 0.05) is 32.4 Å². The number of rotatable bonds is 4. The van der Waals surface area contributed by atoms with Gasteiger partial charge in [-0.25, -0.2) is 4.98 Å². The van der Waals surface area contributed by atoms with Crippen molar-refractivity contribution in [2.75, 3.05) is 12.3 Å². The number of aromatic nitrogens is 4. The highest BCUT2D eigenvalue weighted by molar-refractivity contribution is 5.97. The molecule has 2 rings (SSSR count). The zero-order chi connectivity index (χ0) is 13.1. The van der Waals surface area contributed by atoms with Crippen molar-refractivity contribution in [2.24, 2.45) is 7.05 Å². The minimum absolute atomic E-state index is 0.243. The number of aryl methyl sites for hydroxylation is 2. The van der Waals surface area contributed by atoms with E-state index in [1.165, 1.54) is 0 Å². The normalized spacial score (nSPS) is 10.6. The van der Waals surface area contributed by atoms with Gasteiger partial charge in [0.15, 0.2) is 5.69 Å². The van der Waals surface area contributed by atoms with E-state index in [1.54, 1.807) is 13.1 Å². The summed E-state index contributed by atoms with van der Waals surface area (Å²) in [6, 6.07) is 0. The molecular weight excluding hydrogens is 232 g/mol. The van der Waals surface area contributed by atoms with Crippen LogP contribution in [-0.4, -0.2) is 32.2 Å². The molecule has 0 atom stereocenters. The lowest BCUT2D eigenvalue weighted by atomic mass is 10.3. The summed E-state index contributed by atoms with van der Waals surface area (Å²) in [5, 5.41) is 9.31. The molecule has 0 aromatic carbocycles. The Morgan fingerprint density at radius 1 is 1.61 bits per heavy atom. The molecule has 0 saturated heterocycles. The summed E-state index contributed by atoms with van der Waals surface area (Å²) in [7, 11) is 1.92. The van der Waals surface area contributed by atoms with Gasteiger partial charge in [-0.05, 0) is 6.92 Å². The molecule has 2 heterocycles. The smallest absolute Gasteiger partial charge is 0.273 e. The van der Waals surface area contributed by atoms with E-state index in [-0.39, 0.29) is 11.6 Å². The Morgan fingerprint density at radius 3 is 2.94 bits per heavy atom. The number of carbonyl (C=O) groups is 1. The van der Waals surface area contributed by atoms with Crippen molar-refractivity contribution in [2.45, 2.75) is 13.3 Å². The molecule has 7 nitrogen and oxygen atoms in total. The van der Waals surface area contributed by atoms with E-state index in [4.69, 9.17) is 5.73 Å². The number of H-pyrrole nitrogens is 1. The van der Waals surface area contributed by atoms with E-state index in [0.29, 0.717) is 24.3 Å². The van der Waals surface area contributed by atoms with E-state index in [0.717, 1.165) is 5.82 Å². The molecule has 1 amide bonds. The van der Waals surface area contributed by atoms with Crippen LogP contribution in [0.5, 0.6) is 0 Å². The second kappa shape index (κ2) is 4.91. The minimum atomic E-state index is -0.272. The highest BCUT2D eigenvalue weighted by Crippen LogP contribution is 2.11. The second-order valence-corrected chi connectivity index (χ2v) is 4.07. The van der Waals surface area contributed by atoms with Crippen LogP contribution < -0.4 is 11.1 Å². The van der Waals surface area contributed by atoms with Gasteiger partial charge in [-0.2, -0.15) is 5.10 Å². The summed E-state index contributed by atoms with van der Waals surface area (Å²) in [5.74, 6) is 0.646. The van der Waals surface area contributed by atoms with Crippen LogP contribution in [0.25, 0.3) is 0 Å². The SMILES string of the molecule is Cc1[nH]nc(C(=O)NCCc2nccn2C)c1N. The third-order valence-electron chi connectivity index (χ3n) is 2.76. The number of nitrogen functional groups attached to an aromatic ring is 1. The first-order valence-electron chi connectivity index (χ1n) is 5.64. The van der Waals surface area contributed by atoms with Crippen LogP contribution in [0.3, 0.4) is 0 Å². The summed E-state index contributed by atoms with van der Waals surface area (Å²) >= 11 is 0. The molecule has 0 spiro atoms. The molecule has 0 saturated carbocycles. The van der Waals surface area contributed by atoms with Gasteiger partial charge >= 0.3 is 0 Å². The van der Waals surface area contributed by atoms with Gasteiger partial charge in [-0.1, -0.05) is 0 Å². The van der Waals surface area contributed by atoms with Gasteiger partial charge in [0.25, 0.3) is 5.91 Å². The number of anilines is 1. The summed E-state index contributed by atoms with van der Waals surface area (Å²) < 4.78 is 1.92. The minimum Gasteiger partial charge on any atom is -0.395 e. The summed E-state index contributed by atoms with van der Waals surface area (Å²) in [6.07, 6.45) is 4.26. The number of nitrogens with two attached hydrogens (primary N) is 1. The first kappa shape index (κ1) is 12.2. The van der Waals surface area contributed by atoms with Crippen molar-refractivity contribution in [3.8, 4) is 0 Å². The Hall–Kier alpha value is -2.31. The lowest BCUT2D eigenvalue weighted by Crippen LogP contribution is -2.27. The molecule has 2 aromatic heterocycles. The second-order valence-electron chi connectivity index (χ2n) is 4.07. The Labute approximate surface area is 104 Å². The monoisotopic (exact) mass is 248 g/mol. The largest absolute Gasteiger partial charge is 0.395 e. The van der Waals surface area contributed by atoms with Crippen LogP contribution in [0, 0.1) is 6.92 Å². The maximum Gasteiger partial charge on any atom is 0.273 e. The number of amides is 1. The topological polar surface area (TPSA) is 102 Å². The zero-order valence-electron chi connectivity index (χ0n) is 10.4. The van der Waals surface area contributed by atoms with Crippen LogP contribution in [0.15, 0.2) is 12.4 Å². The Balaban J connectivity index is 1.89. The number of aromatic amines is 1. The molecule has 0 aliphatic heterocycles. The van der Waals surface area contributed by atoms with Crippen LogP contribution in [0.4, 0.5) is 5.69 Å². The van der Waals surface area contributed by atoms with Crippen LogP contribution in [0.2, 0.25) is 0 Å². The van der Waals surface area contributed by atoms with E-state index in [2.05, 4.69) is 20.5 Å². The molecule has 0 fully saturated rings. The van der Waals surface area contributed by atoms with Crippen LogP contribution >= 0.6 is 0 Å². The van der Waals surface area contributed by atoms with Crippen molar-refractivity contribution < 1.29 is 4.79 Å². The zero-order valence-corrected chi connectivity index (χ0v) is 10.4. The van der Waals surface area contributed by atoms with E-state index >= 15 is 0 Å². The fourth-order valence-electron chi connectivity index (χ4n) is 1.62. The third kappa shape index (κ3) is 2.34. The molecule has 4 N–H and O–H groups in total. The summed E-state index contributed by atoms with van der Waals surface area (Å²) in [4.78, 5) is 16.0. The fourth-order valence-corrected chi connectivity index (χ4v) is 1.62. The molecule has 0 unspecified atom stereocenters. The third-order valence-corrected chi connectivity index (χ3v) is 2.76. The highest BCUT2D eigenvalue weighted by Gasteiger charge is 2.14. The average Bonchev–Trinajstić information content (AvgIpc) is 2.88. The van der Waals surface area contributed by atoms with Crippen molar-refractivity contribution in [1.29, 1.82) is 0 Å². The van der Waals surface area contributed by atoms with E-state index < -0.39 is 0 Å². The number of carbonyl (C=O) groups excluding carboxylic acids is 1. The molecule has 0 aliphatic carbocycles. The van der Waals surface area contributed by atoms with Crippen molar-refractivity contribution in [3.63, 3.8) is 0 Å². The summed E-state index contributed by atoms with van der Waals surface area (Å²) in [6.45, 7) is 2.27. The first-order valence-corrected chi connectivity index (χ1v) is 5.64. The van der Waals surface area contributed by atoms with Crippen LogP contribution in [0.1, 0.15) is 22.0 Å². The van der Waals surface area contributed by atoms with Gasteiger partial charge in [0.1, 0.15) is 5.82 Å². The number of nitrogens with zero attached hydrogens (tertiary/aromatic N) is 3. The Bertz CT molecular complexity index is 556. The van der Waals surface area contributed by atoms with E-state index in [9.17, 15) is 4.79 Å². The highest BCUT2D eigenvalue weighted by atomic mass is 16.1. The predicted octanol–water partition coefficient (Wildman–Crippen LogP) is 0.00632. The molecule has 2 aromatic rings. The molecular formula is C11H16N6O. The molecule has 18 heavy (non-hydrogen) atoms. The maximum atomic E-state index is 11.8. The number of hydrogen-bond acceptors (Lipinski definition) is 4. The lowest BCUT2D eigenvalue weighted by Gasteiger charge is -2.04. The number of nitrogens with one attached hydrogen (secondary N) is 2. The average molecular weight is 248 g/mol. The number of hydrogen-bond donors (Lipinski definition) is 3. The molecule has 96 valence electrons. The Morgan fingerprint density at radius 2 is 2.39 bits per heavy atom. The molecule has 0 radical (unpaired) electrons. The quantitative estimate of drug-likeness (QED) is 0.709. The Kier molecular flexibility index (Phi) is 3.31. The fraction of sp³-hybridized carbons (Fsp3) is 0.364. The van der Waals surface area contributed by atoms with Crippen molar-refractivity contribution in [3.05, 3.63) is 29.6 Å². The lowest BCUT2D eigenvalue weighted by molar-refractivity contribution is 0.0950. The van der Waals surface area contributed by atoms with Gasteiger partial charge in [-0.15, -0.1) is 0 Å². The van der Waals surface area contributed by atoms with Gasteiger partial charge in [0.2, 0.25) is 0 Å². The van der Waals surface area contributed by atoms with Gasteiger partial charge in [-0.3, -0.25) is 9.89 Å².